The largest absolute Gasteiger partial charge is 0.493 e. The fourth-order valence-corrected chi connectivity index (χ4v) is 5.67. The Hall–Kier alpha value is -2.90. The Labute approximate surface area is 192 Å². The second-order valence-corrected chi connectivity index (χ2v) is 9.61. The molecule has 7 nitrogen and oxygen atoms in total. The Balaban J connectivity index is 1.06. The van der Waals surface area contributed by atoms with Crippen LogP contribution in [0.15, 0.2) is 52.1 Å². The van der Waals surface area contributed by atoms with Crippen LogP contribution in [0.5, 0.6) is 5.75 Å². The van der Waals surface area contributed by atoms with Crippen molar-refractivity contribution in [2.75, 3.05) is 26.2 Å². The molecule has 0 radical (unpaired) electrons. The number of aromatic nitrogens is 2. The van der Waals surface area contributed by atoms with Gasteiger partial charge in [-0.2, -0.15) is 0 Å². The van der Waals surface area contributed by atoms with Gasteiger partial charge < -0.3 is 15.0 Å². The van der Waals surface area contributed by atoms with Crippen molar-refractivity contribution in [3.05, 3.63) is 74.3 Å². The van der Waals surface area contributed by atoms with E-state index in [0.29, 0.717) is 12.6 Å². The minimum atomic E-state index is -0.0279. The molecule has 33 heavy (non-hydrogen) atoms. The van der Waals surface area contributed by atoms with Crippen LogP contribution in [0, 0.1) is 0 Å². The molecule has 6 rings (SSSR count). The van der Waals surface area contributed by atoms with Gasteiger partial charge in [-0.15, -0.1) is 0 Å². The van der Waals surface area contributed by atoms with E-state index >= 15 is 0 Å². The number of aryl methyl sites for hydroxylation is 1. The first-order valence-corrected chi connectivity index (χ1v) is 12.1. The highest BCUT2D eigenvalue weighted by Gasteiger charge is 2.29. The average molecular weight is 447 g/mol. The van der Waals surface area contributed by atoms with E-state index in [1.165, 1.54) is 11.1 Å². The fraction of sp³-hybridized carbons (Fsp3) is 0.462. The van der Waals surface area contributed by atoms with Crippen LogP contribution in [0.3, 0.4) is 0 Å². The van der Waals surface area contributed by atoms with Crippen LogP contribution in [0.25, 0.3) is 11.0 Å². The standard InChI is InChI=1S/C26H30N4O3/c31-24-7-5-20-6-8-25(32)30-22(17-29(24)26(20)30)16-28-11-9-21(10-12-28)27-15-18-3-4-19-2-1-13-33-23(19)14-18/h3-8,14,21-22,27H,1-2,9-13,15-17H2/t22-/m1/s1. The summed E-state index contributed by atoms with van der Waals surface area (Å²) in [6.45, 7) is 5.06. The van der Waals surface area contributed by atoms with Gasteiger partial charge in [0.25, 0.3) is 11.1 Å². The lowest BCUT2D eigenvalue weighted by atomic mass is 10.0. The summed E-state index contributed by atoms with van der Waals surface area (Å²) in [6, 6.07) is 14.0. The molecule has 0 spiro atoms. The summed E-state index contributed by atoms with van der Waals surface area (Å²) in [7, 11) is 0. The van der Waals surface area contributed by atoms with Gasteiger partial charge in [0.15, 0.2) is 0 Å². The molecular formula is C26H30N4O3. The van der Waals surface area contributed by atoms with E-state index in [4.69, 9.17) is 4.74 Å². The van der Waals surface area contributed by atoms with Gasteiger partial charge in [-0.05, 0) is 68.1 Å². The van der Waals surface area contributed by atoms with E-state index in [9.17, 15) is 9.59 Å². The van der Waals surface area contributed by atoms with E-state index in [0.717, 1.165) is 75.3 Å². The number of benzene rings is 1. The maximum atomic E-state index is 12.6. The average Bonchev–Trinajstić information content (AvgIpc) is 3.23. The SMILES string of the molecule is O=c1ccc2ccc(=O)n3c2n1C[C@H]3CN1CCC(NCc2ccc3c(c2)OCCC3)CC1. The third-order valence-electron chi connectivity index (χ3n) is 7.45. The highest BCUT2D eigenvalue weighted by molar-refractivity contribution is 5.76. The highest BCUT2D eigenvalue weighted by Crippen LogP contribution is 2.27. The minimum Gasteiger partial charge on any atom is -0.493 e. The number of fused-ring (bicyclic) bond motifs is 1. The molecule has 172 valence electrons. The van der Waals surface area contributed by atoms with Crippen LogP contribution in [-0.4, -0.2) is 46.3 Å². The molecule has 0 aliphatic carbocycles. The number of pyridine rings is 2. The molecule has 1 saturated heterocycles. The van der Waals surface area contributed by atoms with Gasteiger partial charge in [0.1, 0.15) is 11.4 Å². The lowest BCUT2D eigenvalue weighted by molar-refractivity contribution is 0.171. The summed E-state index contributed by atoms with van der Waals surface area (Å²) in [5, 5.41) is 4.67. The van der Waals surface area contributed by atoms with Gasteiger partial charge in [-0.3, -0.25) is 18.7 Å². The van der Waals surface area contributed by atoms with E-state index in [1.807, 2.05) is 16.7 Å². The second-order valence-electron chi connectivity index (χ2n) is 9.61. The van der Waals surface area contributed by atoms with Crippen molar-refractivity contribution >= 4 is 11.0 Å². The van der Waals surface area contributed by atoms with Crippen LogP contribution >= 0.6 is 0 Å². The first-order chi connectivity index (χ1) is 16.2. The number of rotatable bonds is 5. The van der Waals surface area contributed by atoms with Gasteiger partial charge >= 0.3 is 0 Å². The van der Waals surface area contributed by atoms with Crippen LogP contribution in [-0.2, 0) is 19.5 Å². The molecule has 3 aliphatic rings. The normalized spacial score (nSPS) is 20.7. The molecule has 7 heteroatoms. The van der Waals surface area contributed by atoms with Gasteiger partial charge in [0.2, 0.25) is 0 Å². The third kappa shape index (κ3) is 3.89. The van der Waals surface area contributed by atoms with Crippen molar-refractivity contribution in [1.82, 2.24) is 19.4 Å². The summed E-state index contributed by atoms with van der Waals surface area (Å²) < 4.78 is 9.41. The van der Waals surface area contributed by atoms with Crippen molar-refractivity contribution < 1.29 is 4.74 Å². The summed E-state index contributed by atoms with van der Waals surface area (Å²) >= 11 is 0. The zero-order valence-electron chi connectivity index (χ0n) is 18.8. The van der Waals surface area contributed by atoms with Crippen LogP contribution < -0.4 is 21.2 Å². The molecule has 0 saturated carbocycles. The third-order valence-corrected chi connectivity index (χ3v) is 7.45. The van der Waals surface area contributed by atoms with Crippen molar-refractivity contribution in [3.63, 3.8) is 0 Å². The molecule has 1 aromatic carbocycles. The Morgan fingerprint density at radius 2 is 1.82 bits per heavy atom. The zero-order chi connectivity index (χ0) is 22.4. The van der Waals surface area contributed by atoms with Crippen LogP contribution in [0.2, 0.25) is 0 Å². The fourth-order valence-electron chi connectivity index (χ4n) is 5.67. The van der Waals surface area contributed by atoms with Crippen LogP contribution in [0.4, 0.5) is 0 Å². The second kappa shape index (κ2) is 8.47. The number of nitrogens with zero attached hydrogens (tertiary/aromatic N) is 3. The van der Waals surface area contributed by atoms with Crippen molar-refractivity contribution in [3.8, 4) is 5.75 Å². The number of likely N-dealkylation sites (tertiary alicyclic amines) is 1. The molecule has 5 heterocycles. The maximum Gasteiger partial charge on any atom is 0.252 e. The Bertz CT molecular complexity index is 1300. The predicted molar refractivity (Wildman–Crippen MR) is 128 cm³/mol. The molecule has 1 N–H and O–H groups in total. The molecule has 0 bridgehead atoms. The van der Waals surface area contributed by atoms with E-state index < -0.39 is 0 Å². The van der Waals surface area contributed by atoms with Gasteiger partial charge in [-0.1, -0.05) is 12.1 Å². The number of ether oxygens (including phenoxy) is 1. The number of hydrogen-bond acceptors (Lipinski definition) is 5. The summed E-state index contributed by atoms with van der Waals surface area (Å²) in [5.74, 6) is 1.05. The monoisotopic (exact) mass is 446 g/mol. The first-order valence-electron chi connectivity index (χ1n) is 12.1. The quantitative estimate of drug-likeness (QED) is 0.651. The van der Waals surface area contributed by atoms with Crippen molar-refractivity contribution in [2.24, 2.45) is 0 Å². The smallest absolute Gasteiger partial charge is 0.252 e. The van der Waals surface area contributed by atoms with Gasteiger partial charge in [0.05, 0.1) is 12.6 Å². The summed E-state index contributed by atoms with van der Waals surface area (Å²) in [5.41, 5.74) is 3.32. The molecule has 2 aromatic heterocycles. The summed E-state index contributed by atoms with van der Waals surface area (Å²) in [6.07, 6.45) is 4.39. The van der Waals surface area contributed by atoms with E-state index in [-0.39, 0.29) is 17.2 Å². The minimum absolute atomic E-state index is 0.0105. The number of hydrogen-bond donors (Lipinski definition) is 1. The van der Waals surface area contributed by atoms with Gasteiger partial charge in [0, 0.05) is 43.2 Å². The molecule has 3 aliphatic heterocycles. The summed E-state index contributed by atoms with van der Waals surface area (Å²) in [4.78, 5) is 27.5. The Morgan fingerprint density at radius 1 is 1.00 bits per heavy atom. The van der Waals surface area contributed by atoms with Crippen molar-refractivity contribution in [1.29, 1.82) is 0 Å². The van der Waals surface area contributed by atoms with Crippen molar-refractivity contribution in [2.45, 2.75) is 50.9 Å². The lowest BCUT2D eigenvalue weighted by Gasteiger charge is -2.34. The lowest BCUT2D eigenvalue weighted by Crippen LogP contribution is -2.44. The molecule has 1 atom stereocenters. The number of nitrogens with one attached hydrogen (secondary N) is 1. The highest BCUT2D eigenvalue weighted by atomic mass is 16.5. The number of piperidine rings is 1. The van der Waals surface area contributed by atoms with E-state index in [2.05, 4.69) is 28.4 Å². The Morgan fingerprint density at radius 3 is 2.67 bits per heavy atom. The van der Waals surface area contributed by atoms with Crippen LogP contribution in [0.1, 0.15) is 36.4 Å². The molecule has 0 unspecified atom stereocenters. The maximum absolute atomic E-state index is 12.6. The first kappa shape index (κ1) is 20.7. The molecule has 1 fully saturated rings. The van der Waals surface area contributed by atoms with E-state index in [1.54, 1.807) is 16.7 Å². The predicted octanol–water partition coefficient (Wildman–Crippen LogP) is 2.30. The molecule has 0 amide bonds. The molecular weight excluding hydrogens is 416 g/mol. The Kier molecular flexibility index (Phi) is 5.31. The van der Waals surface area contributed by atoms with Gasteiger partial charge in [-0.25, -0.2) is 0 Å². The topological polar surface area (TPSA) is 68.5 Å². The molecule has 3 aromatic rings. The zero-order valence-corrected chi connectivity index (χ0v) is 18.8.